The molecule has 2 atom stereocenters. The number of hydrogen-bond acceptors (Lipinski definition) is 6. The van der Waals surface area contributed by atoms with Gasteiger partial charge in [0.15, 0.2) is 5.76 Å². The van der Waals surface area contributed by atoms with Gasteiger partial charge in [-0.2, -0.15) is 5.10 Å². The fourth-order valence-corrected chi connectivity index (χ4v) is 5.06. The number of nitrogens with one attached hydrogen (secondary N) is 1. The fourth-order valence-electron chi connectivity index (χ4n) is 5.06. The summed E-state index contributed by atoms with van der Waals surface area (Å²) >= 11 is 0. The third-order valence-electron chi connectivity index (χ3n) is 6.25. The number of nitrogens with zero attached hydrogens (tertiary/aromatic N) is 5. The minimum atomic E-state index is 0.157. The smallest absolute Gasteiger partial charge is 0.255 e. The lowest BCUT2D eigenvalue weighted by Gasteiger charge is -2.42. The van der Waals surface area contributed by atoms with Crippen molar-refractivity contribution in [3.63, 3.8) is 0 Å². The summed E-state index contributed by atoms with van der Waals surface area (Å²) in [5.41, 5.74) is 4.20. The second-order valence-electron chi connectivity index (χ2n) is 8.88. The average molecular weight is 409 g/mol. The van der Waals surface area contributed by atoms with Crippen molar-refractivity contribution in [3.05, 3.63) is 69.2 Å². The zero-order valence-electron chi connectivity index (χ0n) is 17.5. The number of rotatable bonds is 6. The van der Waals surface area contributed by atoms with Crippen LogP contribution in [0.25, 0.3) is 0 Å². The molecule has 1 saturated heterocycles. The summed E-state index contributed by atoms with van der Waals surface area (Å²) in [6.45, 7) is 6.85. The molecule has 0 aromatic carbocycles. The summed E-state index contributed by atoms with van der Waals surface area (Å²) < 4.78 is 7.34. The quantitative estimate of drug-likeness (QED) is 0.673. The Morgan fingerprint density at radius 3 is 2.90 bits per heavy atom. The molecule has 2 aliphatic heterocycles. The molecule has 30 heavy (non-hydrogen) atoms. The molecule has 1 N–H and O–H groups in total. The molecule has 2 aliphatic rings. The number of likely N-dealkylation sites (tertiary alicyclic amines) is 1. The Labute approximate surface area is 175 Å². The summed E-state index contributed by atoms with van der Waals surface area (Å²) in [5, 5.41) is 11.1. The van der Waals surface area contributed by atoms with Crippen molar-refractivity contribution in [2.24, 2.45) is 5.92 Å². The molecule has 0 aliphatic carbocycles. The summed E-state index contributed by atoms with van der Waals surface area (Å²) in [5.74, 6) is 1.75. The van der Waals surface area contributed by atoms with Gasteiger partial charge in [-0.25, -0.2) is 0 Å². The number of aromatic amines is 1. The van der Waals surface area contributed by atoms with Crippen molar-refractivity contribution < 1.29 is 4.52 Å². The first-order valence-corrected chi connectivity index (χ1v) is 10.6. The number of pyridine rings is 1. The van der Waals surface area contributed by atoms with Crippen molar-refractivity contribution in [2.75, 3.05) is 20.1 Å². The predicted octanol–water partition coefficient (Wildman–Crippen LogP) is 2.12. The normalized spacial score (nSPS) is 21.2. The number of hydrogen-bond donors (Lipinski definition) is 1. The largest absolute Gasteiger partial charge is 0.360 e. The van der Waals surface area contributed by atoms with Crippen LogP contribution in [0.1, 0.15) is 40.7 Å². The van der Waals surface area contributed by atoms with Crippen LogP contribution in [0.2, 0.25) is 0 Å². The Morgan fingerprint density at radius 2 is 2.13 bits per heavy atom. The second-order valence-corrected chi connectivity index (χ2v) is 8.88. The highest BCUT2D eigenvalue weighted by atomic mass is 16.5. The predicted molar refractivity (Wildman–Crippen MR) is 112 cm³/mol. The zero-order chi connectivity index (χ0) is 20.7. The molecule has 0 unspecified atom stereocenters. The summed E-state index contributed by atoms with van der Waals surface area (Å²) in [6.07, 6.45) is 2.97. The molecular weight excluding hydrogens is 380 g/mol. The summed E-state index contributed by atoms with van der Waals surface area (Å²) in [7, 11) is 2.00. The van der Waals surface area contributed by atoms with E-state index in [1.165, 1.54) is 12.1 Å². The van der Waals surface area contributed by atoms with E-state index in [4.69, 9.17) is 4.52 Å². The number of piperidine rings is 1. The molecule has 0 amide bonds. The molecule has 5 heterocycles. The van der Waals surface area contributed by atoms with Crippen molar-refractivity contribution in [1.82, 2.24) is 29.7 Å². The van der Waals surface area contributed by atoms with E-state index in [9.17, 15) is 4.79 Å². The highest BCUT2D eigenvalue weighted by Gasteiger charge is 2.35. The van der Waals surface area contributed by atoms with E-state index in [1.54, 1.807) is 6.20 Å². The molecule has 3 aromatic rings. The fraction of sp³-hybridized carbons (Fsp3) is 0.500. The van der Waals surface area contributed by atoms with Crippen LogP contribution < -0.4 is 5.56 Å². The van der Waals surface area contributed by atoms with E-state index in [2.05, 4.69) is 31.2 Å². The van der Waals surface area contributed by atoms with Crippen molar-refractivity contribution >= 4 is 0 Å². The Balaban J connectivity index is 1.31. The molecule has 5 rings (SSSR count). The van der Waals surface area contributed by atoms with Crippen molar-refractivity contribution in [3.8, 4) is 0 Å². The number of aromatic nitrogens is 4. The Bertz CT molecular complexity index is 1070. The molecule has 8 nitrogen and oxygen atoms in total. The van der Waals surface area contributed by atoms with Crippen LogP contribution in [0.5, 0.6) is 0 Å². The standard InChI is InChI=1S/C22H28N6O2/c1-15-7-20(30-25-15)14-26(2)11-17-3-4-21-18-8-16(10-28(21)22(17)29)9-27(12-18)13-19-5-6-23-24-19/h3-7,16,18H,8-14H2,1-2H3,(H,23,24)/t16-,18+/m0/s1. The Morgan fingerprint density at radius 1 is 1.23 bits per heavy atom. The molecule has 158 valence electrons. The first-order valence-electron chi connectivity index (χ1n) is 10.6. The maximum Gasteiger partial charge on any atom is 0.255 e. The van der Waals surface area contributed by atoms with E-state index in [0.717, 1.165) is 48.9 Å². The summed E-state index contributed by atoms with van der Waals surface area (Å²) in [6, 6.07) is 8.16. The maximum atomic E-state index is 13.2. The SMILES string of the molecule is Cc1cc(CN(C)Cc2ccc3n(c2=O)C[C@H]2C[C@@H]3CN(Cc3ccn[nH]3)C2)on1. The third kappa shape index (κ3) is 3.85. The molecule has 8 heteroatoms. The maximum absolute atomic E-state index is 13.2. The van der Waals surface area contributed by atoms with Gasteiger partial charge in [0.2, 0.25) is 0 Å². The van der Waals surface area contributed by atoms with Gasteiger partial charge in [-0.3, -0.25) is 19.7 Å². The molecule has 1 fully saturated rings. The molecular formula is C22H28N6O2. The lowest BCUT2D eigenvalue weighted by Crippen LogP contribution is -2.47. The molecule has 0 radical (unpaired) electrons. The van der Waals surface area contributed by atoms with Crippen LogP contribution in [0.3, 0.4) is 0 Å². The highest BCUT2D eigenvalue weighted by molar-refractivity contribution is 5.22. The van der Waals surface area contributed by atoms with Crippen LogP contribution >= 0.6 is 0 Å². The highest BCUT2D eigenvalue weighted by Crippen LogP contribution is 2.35. The van der Waals surface area contributed by atoms with E-state index in [1.807, 2.05) is 36.7 Å². The molecule has 0 spiro atoms. The van der Waals surface area contributed by atoms with Gasteiger partial charge in [-0.1, -0.05) is 11.2 Å². The first kappa shape index (κ1) is 19.3. The van der Waals surface area contributed by atoms with Gasteiger partial charge in [-0.15, -0.1) is 0 Å². The molecule has 0 saturated carbocycles. The lowest BCUT2D eigenvalue weighted by molar-refractivity contribution is 0.113. The van der Waals surface area contributed by atoms with Gasteiger partial charge >= 0.3 is 0 Å². The number of fused-ring (bicyclic) bond motifs is 4. The summed E-state index contributed by atoms with van der Waals surface area (Å²) in [4.78, 5) is 17.8. The van der Waals surface area contributed by atoms with Gasteiger partial charge in [0.1, 0.15) is 0 Å². The van der Waals surface area contributed by atoms with Crippen LogP contribution in [0, 0.1) is 12.8 Å². The van der Waals surface area contributed by atoms with Crippen molar-refractivity contribution in [1.29, 1.82) is 0 Å². The Kier molecular flexibility index (Phi) is 5.04. The monoisotopic (exact) mass is 408 g/mol. The van der Waals surface area contributed by atoms with E-state index >= 15 is 0 Å². The molecule has 3 aromatic heterocycles. The lowest BCUT2D eigenvalue weighted by atomic mass is 9.83. The van der Waals surface area contributed by atoms with Gasteiger partial charge in [0, 0.05) is 67.9 Å². The van der Waals surface area contributed by atoms with Gasteiger partial charge in [-0.05, 0) is 38.4 Å². The Hall–Kier alpha value is -2.71. The zero-order valence-corrected chi connectivity index (χ0v) is 17.5. The minimum Gasteiger partial charge on any atom is -0.360 e. The van der Waals surface area contributed by atoms with Gasteiger partial charge < -0.3 is 9.09 Å². The third-order valence-corrected chi connectivity index (χ3v) is 6.25. The van der Waals surface area contributed by atoms with Gasteiger partial charge in [0.25, 0.3) is 5.56 Å². The van der Waals surface area contributed by atoms with Gasteiger partial charge in [0.05, 0.1) is 12.2 Å². The van der Waals surface area contributed by atoms with E-state index < -0.39 is 0 Å². The molecule has 2 bridgehead atoms. The van der Waals surface area contributed by atoms with E-state index in [0.29, 0.717) is 24.9 Å². The average Bonchev–Trinajstić information content (AvgIpc) is 3.36. The van der Waals surface area contributed by atoms with Crippen LogP contribution in [0.15, 0.2) is 39.8 Å². The topological polar surface area (TPSA) is 83.2 Å². The number of H-pyrrole nitrogens is 1. The minimum absolute atomic E-state index is 0.157. The van der Waals surface area contributed by atoms with E-state index in [-0.39, 0.29) is 5.56 Å². The van der Waals surface area contributed by atoms with Crippen LogP contribution in [-0.2, 0) is 26.2 Å². The van der Waals surface area contributed by atoms with Crippen molar-refractivity contribution in [2.45, 2.75) is 45.4 Å². The van der Waals surface area contributed by atoms with Crippen LogP contribution in [-0.4, -0.2) is 49.9 Å². The first-order chi connectivity index (χ1) is 14.5. The second kappa shape index (κ2) is 7.85. The van der Waals surface area contributed by atoms with Crippen LogP contribution in [0.4, 0.5) is 0 Å². The number of aryl methyl sites for hydroxylation is 1.